The van der Waals surface area contributed by atoms with Crippen LogP contribution < -0.4 is 64.9 Å². The Hall–Kier alpha value is -7.36. The van der Waals surface area contributed by atoms with Gasteiger partial charge in [0.25, 0.3) is 44.6 Å². The van der Waals surface area contributed by atoms with E-state index in [0.29, 0.717) is 104 Å². The molecule has 498 valence electrons. The van der Waals surface area contributed by atoms with Crippen LogP contribution in [0.2, 0.25) is 0 Å². The fourth-order valence-corrected chi connectivity index (χ4v) is 10.7. The van der Waals surface area contributed by atoms with Gasteiger partial charge in [-0.05, 0) is 153 Å². The third kappa shape index (κ3) is 31.8. The van der Waals surface area contributed by atoms with E-state index in [-0.39, 0.29) is 38.3 Å². The van der Waals surface area contributed by atoms with E-state index in [4.69, 9.17) is 45.5 Å². The van der Waals surface area contributed by atoms with Gasteiger partial charge in [-0.25, -0.2) is 13.6 Å². The molecule has 0 fully saturated rings. The zero-order valence-corrected chi connectivity index (χ0v) is 57.5. The molecule has 0 spiro atoms. The van der Waals surface area contributed by atoms with Crippen LogP contribution in [-0.4, -0.2) is 132 Å². The van der Waals surface area contributed by atoms with Gasteiger partial charge in [0, 0.05) is 69.4 Å². The van der Waals surface area contributed by atoms with Gasteiger partial charge in [0.05, 0.1) is 27.1 Å². The number of carbonyl (C=O) groups excluding carboxylic acids is 11. The maximum atomic E-state index is 12.5. The van der Waals surface area contributed by atoms with Crippen molar-refractivity contribution >= 4 is 159 Å². The maximum absolute atomic E-state index is 12.5. The minimum atomic E-state index is -3.75. The third-order valence-electron chi connectivity index (χ3n) is 11.4. The van der Waals surface area contributed by atoms with Gasteiger partial charge in [0.1, 0.15) is 18.1 Å². The highest BCUT2D eigenvalue weighted by molar-refractivity contribution is 9.09. The third-order valence-corrected chi connectivity index (χ3v) is 16.9. The first-order valence-corrected chi connectivity index (χ1v) is 34.7. The number of nitrogens with one attached hydrogen (secondary N) is 8. The van der Waals surface area contributed by atoms with Crippen molar-refractivity contribution in [1.29, 1.82) is 0 Å². The first-order valence-electron chi connectivity index (χ1n) is 27.7. The Morgan fingerprint density at radius 3 is 1.02 bits per heavy atom. The number of alkyl halides is 3. The largest absolute Gasteiger partial charge is 0.368 e. The number of thioether (sulfide) groups is 4. The lowest BCUT2D eigenvalue weighted by Crippen LogP contribution is -2.42. The van der Waals surface area contributed by atoms with E-state index in [1.807, 2.05) is 6.92 Å². The lowest BCUT2D eigenvalue weighted by Gasteiger charge is -2.12. The molecule has 0 aliphatic carbocycles. The summed E-state index contributed by atoms with van der Waals surface area (Å²) in [6.07, 6.45) is 2.18. The Bertz CT molecular complexity index is 3340. The molecule has 0 radical (unpaired) electrons. The van der Waals surface area contributed by atoms with E-state index >= 15 is 0 Å². The number of halogens is 3. The molecule has 5 rings (SSSR count). The lowest BCUT2D eigenvalue weighted by atomic mass is 10.2. The van der Waals surface area contributed by atoms with E-state index in [9.17, 15) is 61.2 Å². The first kappa shape index (κ1) is 80.7. The Morgan fingerprint density at radius 1 is 0.446 bits per heavy atom. The number of primary amides is 3. The van der Waals surface area contributed by atoms with Gasteiger partial charge in [-0.1, -0.05) is 83.5 Å². The molecule has 16 N–H and O–H groups in total. The molecule has 0 saturated carbocycles. The van der Waals surface area contributed by atoms with E-state index in [1.165, 1.54) is 32.9 Å². The van der Waals surface area contributed by atoms with Crippen molar-refractivity contribution in [2.45, 2.75) is 96.1 Å². The summed E-state index contributed by atoms with van der Waals surface area (Å²) in [5.41, 5.74) is 17.4. The summed E-state index contributed by atoms with van der Waals surface area (Å²) in [4.78, 5) is 131. The summed E-state index contributed by atoms with van der Waals surface area (Å²) in [6.45, 7) is 8.68. The average molecular weight is 1470 g/mol. The standard InChI is InChI=1S/C18H20ClN3O4S2.C14H18ClN3O3S.C14H19N3O3S.C13H16BrN3O3S/c19-10-3-11-21-18(24)27-16-5-2-1-4-15(16)17(23)22-12-13-6-8-14(9-7-13)28(20,25)26;1-9(12(16)19)18-13(20)10-5-2-3-6-11(10)22-14(21)17-8-4-7-15;1-3-8-16-14(20)21-11-7-5-4-6-10(11)13(19)17-9(2)12(15)18;1-8(11(15)18)17-12(19)9-4-2-3-5-10(9)21-13(20)16-7-6-14/h1-2,4-9H,3,10-12H2,(H,21,24)(H,22,23)(H2,20,25,26);2-3,5-6,9H,4,7-8H2,1H3,(H2,16,19)(H,17,21)(H,18,20);4-7,9H,3,8H2,1-2H3,(H2,15,18)(H,16,20)(H,17,19);2-5,8H,6-7H2,1H3,(H2,15,18)(H,16,20)(H,17,19)/t;2*9-;8-/m.111/s1. The van der Waals surface area contributed by atoms with Crippen LogP contribution in [0, 0.1) is 0 Å². The summed E-state index contributed by atoms with van der Waals surface area (Å²) >= 11 is 18.1. The highest BCUT2D eigenvalue weighted by Gasteiger charge is 2.22. The molecule has 0 aromatic heterocycles. The van der Waals surface area contributed by atoms with Crippen molar-refractivity contribution in [3.8, 4) is 0 Å². The van der Waals surface area contributed by atoms with Gasteiger partial charge >= 0.3 is 0 Å². The van der Waals surface area contributed by atoms with Crippen LogP contribution >= 0.6 is 86.2 Å². The molecule has 25 nitrogen and oxygen atoms in total. The predicted octanol–water partition coefficient (Wildman–Crippen LogP) is 7.40. The van der Waals surface area contributed by atoms with Crippen LogP contribution in [-0.2, 0) is 31.0 Å². The van der Waals surface area contributed by atoms with Crippen LogP contribution in [0.1, 0.15) is 94.0 Å². The fraction of sp³-hybridized carbons (Fsp3) is 0.305. The molecule has 5 aromatic carbocycles. The molecule has 0 aliphatic rings. The number of nitrogens with two attached hydrogens (primary N) is 4. The highest BCUT2D eigenvalue weighted by Crippen LogP contribution is 2.27. The van der Waals surface area contributed by atoms with E-state index < -0.39 is 63.6 Å². The smallest absolute Gasteiger partial charge is 0.283 e. The van der Waals surface area contributed by atoms with Crippen molar-refractivity contribution in [3.05, 3.63) is 149 Å². The summed E-state index contributed by atoms with van der Waals surface area (Å²) in [6, 6.07) is 30.4. The van der Waals surface area contributed by atoms with Gasteiger partial charge in [0.2, 0.25) is 27.7 Å². The van der Waals surface area contributed by atoms with Gasteiger partial charge in [0.15, 0.2) is 0 Å². The van der Waals surface area contributed by atoms with Gasteiger partial charge < -0.3 is 59.7 Å². The number of hydrogen-bond donors (Lipinski definition) is 12. The van der Waals surface area contributed by atoms with E-state index in [1.54, 1.807) is 109 Å². The molecule has 5 aromatic rings. The van der Waals surface area contributed by atoms with E-state index in [0.717, 1.165) is 53.5 Å². The van der Waals surface area contributed by atoms with Crippen molar-refractivity contribution in [2.24, 2.45) is 22.3 Å². The second kappa shape index (κ2) is 44.2. The van der Waals surface area contributed by atoms with Crippen LogP contribution in [0.5, 0.6) is 0 Å². The second-order valence-corrected chi connectivity index (χ2v) is 25.9. The zero-order chi connectivity index (χ0) is 68.8. The molecule has 11 amide bonds. The summed E-state index contributed by atoms with van der Waals surface area (Å²) in [5, 5.41) is 25.7. The summed E-state index contributed by atoms with van der Waals surface area (Å²) < 4.78 is 22.5. The molecule has 92 heavy (non-hydrogen) atoms. The predicted molar refractivity (Wildman–Crippen MR) is 365 cm³/mol. The topological polar surface area (TPSA) is 422 Å². The van der Waals surface area contributed by atoms with Crippen LogP contribution in [0.25, 0.3) is 0 Å². The van der Waals surface area contributed by atoms with Gasteiger partial charge in [-0.2, -0.15) is 0 Å². The number of carbonyl (C=O) groups is 11. The number of rotatable bonds is 27. The monoisotopic (exact) mass is 1470 g/mol. The van der Waals surface area contributed by atoms with E-state index in [2.05, 4.69) is 58.5 Å². The van der Waals surface area contributed by atoms with Crippen molar-refractivity contribution in [3.63, 3.8) is 0 Å². The highest BCUT2D eigenvalue weighted by atomic mass is 79.9. The average Bonchev–Trinajstić information content (AvgIpc) is 1.07. The van der Waals surface area contributed by atoms with Crippen LogP contribution in [0.15, 0.2) is 146 Å². The SMILES string of the molecule is CCCNC(=O)Sc1ccccc1C(=O)N[C@H](C)C(N)=O.C[C@@H](NC(=O)c1ccccc1SC(=O)NCCBr)C(N)=O.C[C@@H](NC(=O)c1ccccc1SC(=O)NCCCCl)C(N)=O.NS(=O)(=O)c1ccc(CNC(=O)c2ccccc2SC(=O)NCCCCl)cc1. The number of amides is 11. The number of hydrogen-bond acceptors (Lipinski definition) is 17. The first-order chi connectivity index (χ1) is 43.7. The Balaban J connectivity index is 0.000000421. The minimum Gasteiger partial charge on any atom is -0.368 e. The summed E-state index contributed by atoms with van der Waals surface area (Å²) in [5.74, 6) is -2.62. The van der Waals surface area contributed by atoms with Crippen LogP contribution in [0.3, 0.4) is 0 Å². The molecule has 3 atom stereocenters. The number of sulfonamides is 1. The molecule has 33 heteroatoms. The molecular weight excluding hydrogens is 1400 g/mol. The molecule has 0 bridgehead atoms. The number of benzene rings is 5. The fourth-order valence-electron chi connectivity index (χ4n) is 6.52. The van der Waals surface area contributed by atoms with Crippen molar-refractivity contribution in [1.82, 2.24) is 42.5 Å². The second-order valence-electron chi connectivity index (χ2n) is 18.7. The summed E-state index contributed by atoms with van der Waals surface area (Å²) in [7, 11) is -3.75. The molecule has 0 heterocycles. The normalized spacial score (nSPS) is 11.4. The van der Waals surface area contributed by atoms with Gasteiger partial charge in [-0.3, -0.25) is 52.7 Å². The molecular formula is C59H73BrCl2N12O13S5. The Labute approximate surface area is 569 Å². The minimum absolute atomic E-state index is 0.00417. The van der Waals surface area contributed by atoms with Crippen LogP contribution in [0.4, 0.5) is 19.2 Å². The Kier molecular flexibility index (Phi) is 38.8. The Morgan fingerprint density at radius 2 is 0.739 bits per heavy atom. The molecule has 0 unspecified atom stereocenters. The van der Waals surface area contributed by atoms with Crippen molar-refractivity contribution in [2.75, 3.05) is 43.3 Å². The maximum Gasteiger partial charge on any atom is 0.283 e. The zero-order valence-electron chi connectivity index (χ0n) is 50.3. The number of primary sulfonamides is 1. The molecule has 0 aliphatic heterocycles. The van der Waals surface area contributed by atoms with Crippen molar-refractivity contribution < 1.29 is 61.2 Å². The van der Waals surface area contributed by atoms with Gasteiger partial charge in [-0.15, -0.1) is 23.2 Å². The molecule has 0 saturated heterocycles. The lowest BCUT2D eigenvalue weighted by molar-refractivity contribution is -0.120. The quantitative estimate of drug-likeness (QED) is 0.0138.